The van der Waals surface area contributed by atoms with E-state index in [1.165, 1.54) is 0 Å². The summed E-state index contributed by atoms with van der Waals surface area (Å²) in [6.07, 6.45) is 0.611. The van der Waals surface area contributed by atoms with Crippen molar-refractivity contribution in [2.45, 2.75) is 12.8 Å². The molecule has 3 rings (SSSR count). The Labute approximate surface area is 130 Å². The Hall–Kier alpha value is -1.53. The summed E-state index contributed by atoms with van der Waals surface area (Å²) in [4.78, 5) is 25.1. The summed E-state index contributed by atoms with van der Waals surface area (Å²) >= 11 is 2.21. The van der Waals surface area contributed by atoms with Gasteiger partial charge in [0.05, 0.1) is 12.8 Å². The first-order valence-electron chi connectivity index (χ1n) is 6.43. The van der Waals surface area contributed by atoms with Crippen molar-refractivity contribution in [2.75, 3.05) is 0 Å². The van der Waals surface area contributed by atoms with Crippen molar-refractivity contribution < 1.29 is 9.59 Å². The second kappa shape index (κ2) is 5.10. The maximum atomic E-state index is 12.5. The standard InChI is InChI=1S/C16H13INO2/c17-12-6-8-14(9-7-12)18(13-4-2-1-3-5-13)15(19)10-11-16(18)20/h1-9H,10-11H2/q+1. The van der Waals surface area contributed by atoms with Crippen molar-refractivity contribution in [1.29, 1.82) is 0 Å². The number of hydrogen-bond donors (Lipinski definition) is 0. The summed E-state index contributed by atoms with van der Waals surface area (Å²) in [6, 6.07) is 16.9. The lowest BCUT2D eigenvalue weighted by Gasteiger charge is -2.27. The van der Waals surface area contributed by atoms with Crippen LogP contribution >= 0.6 is 22.6 Å². The molecule has 1 fully saturated rings. The van der Waals surface area contributed by atoms with Gasteiger partial charge in [0.2, 0.25) is 0 Å². The number of quaternary nitrogens is 1. The lowest BCUT2D eigenvalue weighted by atomic mass is 10.2. The molecule has 0 radical (unpaired) electrons. The molecule has 20 heavy (non-hydrogen) atoms. The van der Waals surface area contributed by atoms with Gasteiger partial charge in [0.15, 0.2) is 11.4 Å². The smallest absolute Gasteiger partial charge is 0.229 e. The van der Waals surface area contributed by atoms with E-state index in [2.05, 4.69) is 22.6 Å². The van der Waals surface area contributed by atoms with E-state index < -0.39 is 0 Å². The van der Waals surface area contributed by atoms with Crippen LogP contribution in [0.3, 0.4) is 0 Å². The highest BCUT2D eigenvalue weighted by Gasteiger charge is 2.53. The Kier molecular flexibility index (Phi) is 3.43. The van der Waals surface area contributed by atoms with Crippen LogP contribution < -0.4 is 4.48 Å². The Bertz CT molecular complexity index is 649. The van der Waals surface area contributed by atoms with Gasteiger partial charge < -0.3 is 0 Å². The van der Waals surface area contributed by atoms with Crippen LogP contribution in [0.15, 0.2) is 54.6 Å². The van der Waals surface area contributed by atoms with E-state index in [1.54, 1.807) is 0 Å². The topological polar surface area (TPSA) is 34.1 Å². The van der Waals surface area contributed by atoms with Crippen LogP contribution in [0.5, 0.6) is 0 Å². The molecular weight excluding hydrogens is 365 g/mol. The maximum Gasteiger partial charge on any atom is 0.331 e. The molecule has 0 saturated carbocycles. The van der Waals surface area contributed by atoms with Crippen LogP contribution in [0.4, 0.5) is 11.4 Å². The predicted octanol–water partition coefficient (Wildman–Crippen LogP) is 3.78. The van der Waals surface area contributed by atoms with Gasteiger partial charge in [-0.15, -0.1) is 4.48 Å². The molecule has 2 amide bonds. The average molecular weight is 378 g/mol. The van der Waals surface area contributed by atoms with Gasteiger partial charge in [0.25, 0.3) is 0 Å². The monoisotopic (exact) mass is 378 g/mol. The lowest BCUT2D eigenvalue weighted by molar-refractivity contribution is -0.133. The Morgan fingerprint density at radius 2 is 1.25 bits per heavy atom. The predicted molar refractivity (Wildman–Crippen MR) is 86.3 cm³/mol. The second-order valence-electron chi connectivity index (χ2n) is 4.77. The van der Waals surface area contributed by atoms with Crippen molar-refractivity contribution in [3.05, 3.63) is 58.2 Å². The van der Waals surface area contributed by atoms with E-state index in [-0.39, 0.29) is 16.3 Å². The molecule has 0 aromatic heterocycles. The fraction of sp³-hybridized carbons (Fsp3) is 0.125. The normalized spacial score (nSPS) is 17.4. The van der Waals surface area contributed by atoms with Gasteiger partial charge in [0, 0.05) is 27.8 Å². The minimum absolute atomic E-state index is 0.0533. The maximum absolute atomic E-state index is 12.5. The minimum atomic E-state index is -0.280. The van der Waals surface area contributed by atoms with Crippen molar-refractivity contribution in [3.63, 3.8) is 0 Å². The summed E-state index contributed by atoms with van der Waals surface area (Å²) in [7, 11) is 0. The van der Waals surface area contributed by atoms with Gasteiger partial charge in [0.1, 0.15) is 0 Å². The number of halogens is 1. The molecule has 100 valence electrons. The van der Waals surface area contributed by atoms with Crippen molar-refractivity contribution >= 4 is 45.8 Å². The van der Waals surface area contributed by atoms with Crippen LogP contribution in [0, 0.1) is 3.57 Å². The Balaban J connectivity index is 2.27. The molecule has 1 heterocycles. The number of carbonyl (C=O) groups excluding carboxylic acids is 2. The number of imide groups is 1. The molecule has 1 saturated heterocycles. The highest BCUT2D eigenvalue weighted by atomic mass is 127. The van der Waals surface area contributed by atoms with Crippen molar-refractivity contribution in [1.82, 2.24) is 4.48 Å². The molecule has 0 N–H and O–H groups in total. The number of nitrogens with zero attached hydrogens (tertiary/aromatic N) is 1. The van der Waals surface area contributed by atoms with E-state index >= 15 is 0 Å². The third kappa shape index (κ3) is 1.91. The zero-order valence-corrected chi connectivity index (χ0v) is 12.9. The molecule has 0 aliphatic carbocycles. The van der Waals surface area contributed by atoms with Crippen LogP contribution in [-0.2, 0) is 9.59 Å². The molecule has 4 heteroatoms. The molecule has 1 aliphatic heterocycles. The lowest BCUT2D eigenvalue weighted by Crippen LogP contribution is -2.49. The average Bonchev–Trinajstić information content (AvgIpc) is 2.77. The van der Waals surface area contributed by atoms with Gasteiger partial charge in [-0.3, -0.25) is 0 Å². The quantitative estimate of drug-likeness (QED) is 0.453. The van der Waals surface area contributed by atoms with Crippen LogP contribution in [0.1, 0.15) is 12.8 Å². The first-order valence-corrected chi connectivity index (χ1v) is 7.51. The highest BCUT2D eigenvalue weighted by Crippen LogP contribution is 2.40. The zero-order valence-electron chi connectivity index (χ0n) is 10.8. The van der Waals surface area contributed by atoms with E-state index in [4.69, 9.17) is 0 Å². The second-order valence-corrected chi connectivity index (χ2v) is 6.02. The number of carbonyl (C=O) groups is 2. The molecule has 3 nitrogen and oxygen atoms in total. The number of benzene rings is 2. The Morgan fingerprint density at radius 3 is 1.80 bits per heavy atom. The number of para-hydroxylation sites is 1. The first kappa shape index (κ1) is 13.5. The number of hydrogen-bond acceptors (Lipinski definition) is 2. The summed E-state index contributed by atoms with van der Waals surface area (Å²) in [5.41, 5.74) is 1.45. The first-order chi connectivity index (χ1) is 9.65. The van der Waals surface area contributed by atoms with Crippen LogP contribution in [-0.4, -0.2) is 11.8 Å². The molecule has 2 aromatic carbocycles. The molecule has 2 aromatic rings. The van der Waals surface area contributed by atoms with E-state index in [0.29, 0.717) is 12.8 Å². The number of amides is 2. The molecule has 0 unspecified atom stereocenters. The summed E-state index contributed by atoms with van der Waals surface area (Å²) in [6.45, 7) is 0. The minimum Gasteiger partial charge on any atom is -0.229 e. The van der Waals surface area contributed by atoms with Crippen LogP contribution in [0.25, 0.3) is 0 Å². The van der Waals surface area contributed by atoms with Crippen molar-refractivity contribution in [2.24, 2.45) is 0 Å². The molecule has 0 bridgehead atoms. The SMILES string of the molecule is O=C1CCC(=O)[N+]1(c1ccccc1)c1ccc(I)cc1. The highest BCUT2D eigenvalue weighted by molar-refractivity contribution is 14.1. The van der Waals surface area contributed by atoms with Gasteiger partial charge in [-0.2, -0.15) is 0 Å². The Morgan fingerprint density at radius 1 is 0.750 bits per heavy atom. The van der Waals surface area contributed by atoms with Gasteiger partial charge >= 0.3 is 11.8 Å². The van der Waals surface area contributed by atoms with Crippen LogP contribution in [0.2, 0.25) is 0 Å². The third-order valence-electron chi connectivity index (χ3n) is 3.66. The van der Waals surface area contributed by atoms with Gasteiger partial charge in [-0.05, 0) is 34.7 Å². The van der Waals surface area contributed by atoms with Crippen molar-refractivity contribution in [3.8, 4) is 0 Å². The van der Waals surface area contributed by atoms with E-state index in [9.17, 15) is 9.59 Å². The van der Waals surface area contributed by atoms with Gasteiger partial charge in [-0.25, -0.2) is 9.59 Å². The number of rotatable bonds is 2. The van der Waals surface area contributed by atoms with E-state index in [1.807, 2.05) is 54.6 Å². The third-order valence-corrected chi connectivity index (χ3v) is 4.38. The molecule has 0 atom stereocenters. The fourth-order valence-electron chi connectivity index (χ4n) is 2.73. The largest absolute Gasteiger partial charge is 0.331 e. The fourth-order valence-corrected chi connectivity index (χ4v) is 3.09. The summed E-state index contributed by atoms with van der Waals surface area (Å²) in [5, 5.41) is 0. The summed E-state index contributed by atoms with van der Waals surface area (Å²) in [5.74, 6) is -0.107. The summed E-state index contributed by atoms with van der Waals surface area (Å²) < 4.78 is 0.800. The zero-order chi connectivity index (χ0) is 14.2. The van der Waals surface area contributed by atoms with E-state index in [0.717, 1.165) is 14.9 Å². The van der Waals surface area contributed by atoms with Gasteiger partial charge in [-0.1, -0.05) is 18.2 Å². The molecule has 0 spiro atoms. The molecule has 1 aliphatic rings. The molecular formula is C16H13INO2+.